The van der Waals surface area contributed by atoms with Crippen LogP contribution >= 0.6 is 0 Å². The van der Waals surface area contributed by atoms with Gasteiger partial charge in [0.15, 0.2) is 0 Å². The van der Waals surface area contributed by atoms with Crippen molar-refractivity contribution in [3.63, 3.8) is 0 Å². The molecule has 2 saturated heterocycles. The van der Waals surface area contributed by atoms with Gasteiger partial charge < -0.3 is 15.0 Å². The minimum atomic E-state index is -0.424. The molecule has 2 fully saturated rings. The van der Waals surface area contributed by atoms with Crippen LogP contribution in [0, 0.1) is 0 Å². The maximum Gasteiger partial charge on any atom is 0.414 e. The summed E-state index contributed by atoms with van der Waals surface area (Å²) in [6, 6.07) is 16.9. The van der Waals surface area contributed by atoms with E-state index in [0.717, 1.165) is 42.9 Å². The fourth-order valence-corrected chi connectivity index (χ4v) is 3.59. The SMILES string of the molecule is O=C(C(Nc1ccc(N2CCOC2=O)cc1)c1ccccc1)N1CCCC1. The first-order chi connectivity index (χ1) is 13.2. The van der Waals surface area contributed by atoms with Crippen LogP contribution in [0.3, 0.4) is 0 Å². The van der Waals surface area contributed by atoms with Crippen LogP contribution in [0.5, 0.6) is 0 Å². The molecule has 2 amide bonds. The maximum absolute atomic E-state index is 13.1. The van der Waals surface area contributed by atoms with Crippen LogP contribution in [0.15, 0.2) is 54.6 Å². The molecule has 27 heavy (non-hydrogen) atoms. The largest absolute Gasteiger partial charge is 0.447 e. The molecule has 0 radical (unpaired) electrons. The first kappa shape index (κ1) is 17.4. The molecule has 0 aromatic heterocycles. The van der Waals surface area contributed by atoms with Gasteiger partial charge in [-0.05, 0) is 42.7 Å². The molecule has 2 aliphatic rings. The van der Waals surface area contributed by atoms with Crippen molar-refractivity contribution in [1.29, 1.82) is 0 Å². The molecule has 1 unspecified atom stereocenters. The molecule has 0 saturated carbocycles. The highest BCUT2D eigenvalue weighted by molar-refractivity contribution is 5.90. The van der Waals surface area contributed by atoms with Gasteiger partial charge in [0.2, 0.25) is 5.91 Å². The van der Waals surface area contributed by atoms with Crippen LogP contribution in [0.4, 0.5) is 16.2 Å². The van der Waals surface area contributed by atoms with Crippen LogP contribution in [-0.2, 0) is 9.53 Å². The number of carbonyl (C=O) groups is 2. The van der Waals surface area contributed by atoms with Crippen molar-refractivity contribution < 1.29 is 14.3 Å². The van der Waals surface area contributed by atoms with E-state index in [1.54, 1.807) is 4.90 Å². The Morgan fingerprint density at radius 1 is 0.963 bits per heavy atom. The average molecular weight is 365 g/mol. The Hall–Kier alpha value is -3.02. The second-order valence-electron chi connectivity index (χ2n) is 6.83. The normalized spacial score (nSPS) is 17.7. The van der Waals surface area contributed by atoms with E-state index in [9.17, 15) is 9.59 Å². The van der Waals surface area contributed by atoms with Crippen LogP contribution in [0.1, 0.15) is 24.4 Å². The predicted molar refractivity (Wildman–Crippen MR) is 104 cm³/mol. The molecule has 0 spiro atoms. The van der Waals surface area contributed by atoms with E-state index < -0.39 is 6.04 Å². The van der Waals surface area contributed by atoms with E-state index in [1.165, 1.54) is 0 Å². The van der Waals surface area contributed by atoms with E-state index in [-0.39, 0.29) is 12.0 Å². The summed E-state index contributed by atoms with van der Waals surface area (Å²) in [7, 11) is 0. The highest BCUT2D eigenvalue weighted by Crippen LogP contribution is 2.26. The number of rotatable bonds is 5. The first-order valence-corrected chi connectivity index (χ1v) is 9.37. The Morgan fingerprint density at radius 2 is 1.67 bits per heavy atom. The highest BCUT2D eigenvalue weighted by atomic mass is 16.6. The summed E-state index contributed by atoms with van der Waals surface area (Å²) in [5, 5.41) is 3.38. The van der Waals surface area contributed by atoms with Crippen molar-refractivity contribution in [3.05, 3.63) is 60.2 Å². The topological polar surface area (TPSA) is 61.9 Å². The summed E-state index contributed by atoms with van der Waals surface area (Å²) >= 11 is 0. The summed E-state index contributed by atoms with van der Waals surface area (Å²) in [5.74, 6) is 0.103. The van der Waals surface area contributed by atoms with Crippen LogP contribution < -0.4 is 10.2 Å². The summed E-state index contributed by atoms with van der Waals surface area (Å²) in [6.45, 7) is 2.62. The molecular weight excluding hydrogens is 342 g/mol. The van der Waals surface area contributed by atoms with Crippen LogP contribution in [-0.4, -0.2) is 43.1 Å². The van der Waals surface area contributed by atoms with Crippen LogP contribution in [0.25, 0.3) is 0 Å². The molecule has 2 aromatic rings. The third-order valence-corrected chi connectivity index (χ3v) is 5.05. The molecule has 6 nitrogen and oxygen atoms in total. The third-order valence-electron chi connectivity index (χ3n) is 5.05. The smallest absolute Gasteiger partial charge is 0.414 e. The van der Waals surface area contributed by atoms with Gasteiger partial charge >= 0.3 is 6.09 Å². The number of carbonyl (C=O) groups excluding carboxylic acids is 2. The van der Waals surface area contributed by atoms with E-state index in [4.69, 9.17) is 4.74 Å². The lowest BCUT2D eigenvalue weighted by Crippen LogP contribution is -2.36. The van der Waals surface area contributed by atoms with Crippen molar-refractivity contribution >= 4 is 23.4 Å². The standard InChI is InChI=1S/C21H23N3O3/c25-20(23-12-4-5-13-23)19(16-6-2-1-3-7-16)22-17-8-10-18(11-9-17)24-14-15-27-21(24)26/h1-3,6-11,19,22H,4-5,12-15H2. The molecule has 6 heteroatoms. The van der Waals surface area contributed by atoms with E-state index in [2.05, 4.69) is 5.32 Å². The lowest BCUT2D eigenvalue weighted by Gasteiger charge is -2.25. The summed E-state index contributed by atoms with van der Waals surface area (Å²) in [6.07, 6.45) is 1.81. The number of hydrogen-bond acceptors (Lipinski definition) is 4. The first-order valence-electron chi connectivity index (χ1n) is 9.37. The molecule has 2 heterocycles. The summed E-state index contributed by atoms with van der Waals surface area (Å²) in [5.41, 5.74) is 2.58. The lowest BCUT2D eigenvalue weighted by molar-refractivity contribution is -0.131. The number of hydrogen-bond donors (Lipinski definition) is 1. The number of amides is 2. The fraction of sp³-hybridized carbons (Fsp3) is 0.333. The molecule has 0 aliphatic carbocycles. The van der Waals surface area contributed by atoms with E-state index >= 15 is 0 Å². The monoisotopic (exact) mass is 365 g/mol. The maximum atomic E-state index is 13.1. The number of nitrogens with zero attached hydrogens (tertiary/aromatic N) is 2. The molecule has 1 atom stereocenters. The second-order valence-corrected chi connectivity index (χ2v) is 6.83. The average Bonchev–Trinajstić information content (AvgIpc) is 3.39. The molecule has 4 rings (SSSR count). The Labute approximate surface area is 158 Å². The van der Waals surface area contributed by atoms with Gasteiger partial charge in [-0.2, -0.15) is 0 Å². The summed E-state index contributed by atoms with van der Waals surface area (Å²) in [4.78, 5) is 28.3. The molecule has 1 N–H and O–H groups in total. The molecule has 2 aromatic carbocycles. The minimum Gasteiger partial charge on any atom is -0.447 e. The number of cyclic esters (lactones) is 1. The van der Waals surface area contributed by atoms with Gasteiger partial charge in [-0.1, -0.05) is 30.3 Å². The zero-order valence-electron chi connectivity index (χ0n) is 15.1. The van der Waals surface area contributed by atoms with E-state index in [0.29, 0.717) is 13.2 Å². The second kappa shape index (κ2) is 7.70. The van der Waals surface area contributed by atoms with Gasteiger partial charge in [-0.25, -0.2) is 4.79 Å². The van der Waals surface area contributed by atoms with Gasteiger partial charge in [0, 0.05) is 24.5 Å². The number of benzene rings is 2. The molecule has 2 aliphatic heterocycles. The van der Waals surface area contributed by atoms with Crippen molar-refractivity contribution in [2.45, 2.75) is 18.9 Å². The molecular formula is C21H23N3O3. The number of nitrogens with one attached hydrogen (secondary N) is 1. The van der Waals surface area contributed by atoms with Gasteiger partial charge in [-0.15, -0.1) is 0 Å². The van der Waals surface area contributed by atoms with Crippen molar-refractivity contribution in [2.75, 3.05) is 36.5 Å². The number of anilines is 2. The zero-order valence-corrected chi connectivity index (χ0v) is 15.1. The minimum absolute atomic E-state index is 0.103. The predicted octanol–water partition coefficient (Wildman–Crippen LogP) is 3.42. The lowest BCUT2D eigenvalue weighted by atomic mass is 10.0. The number of likely N-dealkylation sites (tertiary alicyclic amines) is 1. The van der Waals surface area contributed by atoms with Gasteiger partial charge in [0.25, 0.3) is 0 Å². The Morgan fingerprint density at radius 3 is 2.30 bits per heavy atom. The van der Waals surface area contributed by atoms with Crippen molar-refractivity contribution in [2.24, 2.45) is 0 Å². The Bertz CT molecular complexity index is 801. The quantitative estimate of drug-likeness (QED) is 0.882. The Kier molecular flexibility index (Phi) is 4.96. The van der Waals surface area contributed by atoms with Crippen molar-refractivity contribution in [1.82, 2.24) is 4.90 Å². The zero-order chi connectivity index (χ0) is 18.6. The highest BCUT2D eigenvalue weighted by Gasteiger charge is 2.28. The number of ether oxygens (including phenoxy) is 1. The van der Waals surface area contributed by atoms with Gasteiger partial charge in [-0.3, -0.25) is 9.69 Å². The van der Waals surface area contributed by atoms with Gasteiger partial charge in [0.1, 0.15) is 12.6 Å². The molecule has 140 valence electrons. The molecule has 0 bridgehead atoms. The van der Waals surface area contributed by atoms with E-state index in [1.807, 2.05) is 59.5 Å². The van der Waals surface area contributed by atoms with Crippen molar-refractivity contribution in [3.8, 4) is 0 Å². The summed E-state index contributed by atoms with van der Waals surface area (Å²) < 4.78 is 4.98. The third kappa shape index (κ3) is 3.74. The fourth-order valence-electron chi connectivity index (χ4n) is 3.59. The van der Waals surface area contributed by atoms with Gasteiger partial charge in [0.05, 0.1) is 6.54 Å². The van der Waals surface area contributed by atoms with Crippen LogP contribution in [0.2, 0.25) is 0 Å². The Balaban J connectivity index is 1.54.